The minimum absolute atomic E-state index is 0.0767. The van der Waals surface area contributed by atoms with Crippen LogP contribution in [0.3, 0.4) is 0 Å². The molecule has 2 amide bonds. The van der Waals surface area contributed by atoms with Gasteiger partial charge in [-0.15, -0.1) is 11.3 Å². The molecule has 0 radical (unpaired) electrons. The number of para-hydroxylation sites is 1. The highest BCUT2D eigenvalue weighted by atomic mass is 32.1. The first kappa shape index (κ1) is 16.8. The predicted molar refractivity (Wildman–Crippen MR) is 95.6 cm³/mol. The second-order valence-electron chi connectivity index (χ2n) is 5.55. The quantitative estimate of drug-likeness (QED) is 0.471. The molecule has 0 bridgehead atoms. The SMILES string of the molecule is O=C(C=Cc1ccccc1[N+](=O)[O-])Nc1sccc1C(=O)NC1CC1. The molecule has 1 heterocycles. The fourth-order valence-corrected chi connectivity index (χ4v) is 2.98. The van der Waals surface area contributed by atoms with Gasteiger partial charge in [0, 0.05) is 18.2 Å². The third-order valence-corrected chi connectivity index (χ3v) is 4.44. The van der Waals surface area contributed by atoms with Gasteiger partial charge in [0.25, 0.3) is 11.6 Å². The minimum atomic E-state index is -0.503. The summed E-state index contributed by atoms with van der Waals surface area (Å²) >= 11 is 1.25. The van der Waals surface area contributed by atoms with Crippen LogP contribution in [-0.2, 0) is 4.79 Å². The zero-order chi connectivity index (χ0) is 17.8. The Labute approximate surface area is 147 Å². The first-order chi connectivity index (χ1) is 12.0. The Balaban J connectivity index is 1.68. The monoisotopic (exact) mass is 357 g/mol. The van der Waals surface area contributed by atoms with Gasteiger partial charge in [0.2, 0.25) is 5.91 Å². The van der Waals surface area contributed by atoms with Crippen molar-refractivity contribution in [3.8, 4) is 0 Å². The molecule has 0 atom stereocenters. The number of thiophene rings is 1. The van der Waals surface area contributed by atoms with E-state index in [4.69, 9.17) is 0 Å². The van der Waals surface area contributed by atoms with Crippen molar-refractivity contribution >= 4 is 39.9 Å². The van der Waals surface area contributed by atoms with E-state index in [0.717, 1.165) is 12.8 Å². The third-order valence-electron chi connectivity index (χ3n) is 3.61. The Bertz CT molecular complexity index is 855. The maximum Gasteiger partial charge on any atom is 0.276 e. The lowest BCUT2D eigenvalue weighted by Gasteiger charge is -2.05. The third kappa shape index (κ3) is 4.30. The minimum Gasteiger partial charge on any atom is -0.349 e. The van der Waals surface area contributed by atoms with Crippen molar-refractivity contribution in [1.82, 2.24) is 5.32 Å². The number of rotatable bonds is 6. The average molecular weight is 357 g/mol. The molecule has 0 saturated heterocycles. The van der Waals surface area contributed by atoms with Gasteiger partial charge in [-0.05, 0) is 36.4 Å². The molecule has 2 N–H and O–H groups in total. The predicted octanol–water partition coefficient (Wildman–Crippen LogP) is 3.20. The number of hydrogen-bond acceptors (Lipinski definition) is 5. The molecule has 7 nitrogen and oxygen atoms in total. The molecule has 0 spiro atoms. The van der Waals surface area contributed by atoms with E-state index in [1.54, 1.807) is 29.6 Å². The van der Waals surface area contributed by atoms with Crippen molar-refractivity contribution in [2.24, 2.45) is 0 Å². The highest BCUT2D eigenvalue weighted by molar-refractivity contribution is 7.14. The van der Waals surface area contributed by atoms with Crippen molar-refractivity contribution in [3.05, 3.63) is 63.0 Å². The van der Waals surface area contributed by atoms with E-state index in [0.29, 0.717) is 16.1 Å². The summed E-state index contributed by atoms with van der Waals surface area (Å²) in [6.07, 6.45) is 4.56. The molecule has 1 aliphatic rings. The molecular formula is C17H15N3O4S. The molecular weight excluding hydrogens is 342 g/mol. The number of carbonyl (C=O) groups is 2. The van der Waals surface area contributed by atoms with Crippen LogP contribution < -0.4 is 10.6 Å². The van der Waals surface area contributed by atoms with Gasteiger partial charge in [-0.2, -0.15) is 0 Å². The normalized spacial score (nSPS) is 13.6. The molecule has 8 heteroatoms. The van der Waals surface area contributed by atoms with Gasteiger partial charge in [0.15, 0.2) is 0 Å². The van der Waals surface area contributed by atoms with E-state index in [-0.39, 0.29) is 17.6 Å². The Morgan fingerprint density at radius 1 is 1.24 bits per heavy atom. The summed E-state index contributed by atoms with van der Waals surface area (Å²) in [5.74, 6) is -0.664. The molecule has 0 aliphatic heterocycles. The molecule has 1 fully saturated rings. The Morgan fingerprint density at radius 3 is 2.72 bits per heavy atom. The zero-order valence-corrected chi connectivity index (χ0v) is 13.9. The first-order valence-electron chi connectivity index (χ1n) is 7.65. The molecule has 25 heavy (non-hydrogen) atoms. The van der Waals surface area contributed by atoms with Gasteiger partial charge in [-0.1, -0.05) is 12.1 Å². The van der Waals surface area contributed by atoms with E-state index in [9.17, 15) is 19.7 Å². The van der Waals surface area contributed by atoms with Crippen LogP contribution in [0.1, 0.15) is 28.8 Å². The molecule has 1 aromatic carbocycles. The van der Waals surface area contributed by atoms with Gasteiger partial charge in [0.1, 0.15) is 5.00 Å². The number of nitrogens with one attached hydrogen (secondary N) is 2. The van der Waals surface area contributed by atoms with E-state index < -0.39 is 10.8 Å². The maximum atomic E-state index is 12.1. The molecule has 1 aromatic heterocycles. The lowest BCUT2D eigenvalue weighted by Crippen LogP contribution is -2.26. The number of nitro groups is 1. The lowest BCUT2D eigenvalue weighted by atomic mass is 10.1. The number of nitro benzene ring substituents is 1. The van der Waals surface area contributed by atoms with Crippen LogP contribution in [0.4, 0.5) is 10.7 Å². The van der Waals surface area contributed by atoms with E-state index in [1.165, 1.54) is 29.6 Å². The Morgan fingerprint density at radius 2 is 2.00 bits per heavy atom. The fraction of sp³-hybridized carbons (Fsp3) is 0.176. The van der Waals surface area contributed by atoms with Crippen LogP contribution in [0.5, 0.6) is 0 Å². The van der Waals surface area contributed by atoms with Gasteiger partial charge in [0.05, 0.1) is 16.1 Å². The number of anilines is 1. The molecule has 0 unspecified atom stereocenters. The van der Waals surface area contributed by atoms with Crippen LogP contribution in [-0.4, -0.2) is 22.8 Å². The van der Waals surface area contributed by atoms with Gasteiger partial charge < -0.3 is 10.6 Å². The van der Waals surface area contributed by atoms with Crippen LogP contribution in [0.25, 0.3) is 6.08 Å². The van der Waals surface area contributed by atoms with Gasteiger partial charge >= 0.3 is 0 Å². The van der Waals surface area contributed by atoms with Crippen molar-refractivity contribution in [3.63, 3.8) is 0 Å². The van der Waals surface area contributed by atoms with E-state index in [1.807, 2.05) is 0 Å². The summed E-state index contributed by atoms with van der Waals surface area (Å²) < 4.78 is 0. The average Bonchev–Trinajstić information content (AvgIpc) is 3.28. The van der Waals surface area contributed by atoms with E-state index >= 15 is 0 Å². The summed E-state index contributed by atoms with van der Waals surface area (Å²) in [4.78, 5) is 34.7. The van der Waals surface area contributed by atoms with Crippen molar-refractivity contribution in [1.29, 1.82) is 0 Å². The lowest BCUT2D eigenvalue weighted by molar-refractivity contribution is -0.385. The van der Waals surface area contributed by atoms with Crippen molar-refractivity contribution < 1.29 is 14.5 Å². The fourth-order valence-electron chi connectivity index (χ4n) is 2.19. The maximum absolute atomic E-state index is 12.1. The standard InChI is InChI=1S/C17H15N3O4S/c21-15(8-5-11-3-1-2-4-14(11)20(23)24)19-17-13(9-10-25-17)16(22)18-12-6-7-12/h1-5,8-10,12H,6-7H2,(H,18,22)(H,19,21). The van der Waals surface area contributed by atoms with Crippen LogP contribution >= 0.6 is 11.3 Å². The van der Waals surface area contributed by atoms with Crippen molar-refractivity contribution in [2.45, 2.75) is 18.9 Å². The summed E-state index contributed by atoms with van der Waals surface area (Å²) in [5.41, 5.74) is 0.678. The number of benzene rings is 1. The van der Waals surface area contributed by atoms with Gasteiger partial charge in [-0.25, -0.2) is 0 Å². The number of carbonyl (C=O) groups excluding carboxylic acids is 2. The van der Waals surface area contributed by atoms with Crippen LogP contribution in [0.15, 0.2) is 41.8 Å². The Hall–Kier alpha value is -3.00. The largest absolute Gasteiger partial charge is 0.349 e. The summed E-state index contributed by atoms with van der Waals surface area (Å²) in [6.45, 7) is 0. The molecule has 128 valence electrons. The molecule has 2 aromatic rings. The second-order valence-corrected chi connectivity index (χ2v) is 6.47. The first-order valence-corrected chi connectivity index (χ1v) is 8.53. The number of hydrogen-bond donors (Lipinski definition) is 2. The summed E-state index contributed by atoms with van der Waals surface area (Å²) in [7, 11) is 0. The summed E-state index contributed by atoms with van der Waals surface area (Å²) in [5, 5.41) is 18.7. The second kappa shape index (κ2) is 7.27. The highest BCUT2D eigenvalue weighted by Gasteiger charge is 2.25. The smallest absolute Gasteiger partial charge is 0.276 e. The molecule has 1 aliphatic carbocycles. The van der Waals surface area contributed by atoms with Crippen LogP contribution in [0.2, 0.25) is 0 Å². The van der Waals surface area contributed by atoms with Crippen LogP contribution in [0, 0.1) is 10.1 Å². The summed E-state index contributed by atoms with van der Waals surface area (Å²) in [6, 6.07) is 8.04. The number of amides is 2. The van der Waals surface area contributed by atoms with Crippen molar-refractivity contribution in [2.75, 3.05) is 5.32 Å². The highest BCUT2D eigenvalue weighted by Crippen LogP contribution is 2.26. The zero-order valence-electron chi connectivity index (χ0n) is 13.1. The Kier molecular flexibility index (Phi) is 4.90. The molecule has 1 saturated carbocycles. The topological polar surface area (TPSA) is 101 Å². The molecule has 3 rings (SSSR count). The number of nitrogens with zero attached hydrogens (tertiary/aromatic N) is 1. The van der Waals surface area contributed by atoms with Gasteiger partial charge in [-0.3, -0.25) is 19.7 Å². The van der Waals surface area contributed by atoms with E-state index in [2.05, 4.69) is 10.6 Å².